The molecule has 0 bridgehead atoms. The van der Waals surface area contributed by atoms with Crippen molar-refractivity contribution in [1.82, 2.24) is 15.5 Å². The van der Waals surface area contributed by atoms with Crippen LogP contribution < -0.4 is 10.6 Å². The van der Waals surface area contributed by atoms with Crippen molar-refractivity contribution in [2.45, 2.75) is 25.8 Å². The van der Waals surface area contributed by atoms with Crippen molar-refractivity contribution in [2.24, 2.45) is 5.92 Å². The lowest BCUT2D eigenvalue weighted by molar-refractivity contribution is -0.137. The van der Waals surface area contributed by atoms with Gasteiger partial charge in [-0.25, -0.2) is 0 Å². The minimum Gasteiger partial charge on any atom is -0.355 e. The van der Waals surface area contributed by atoms with Gasteiger partial charge in [0.15, 0.2) is 0 Å². The topological polar surface area (TPSA) is 61.4 Å². The molecule has 2 amide bonds. The molecule has 0 spiro atoms. The Morgan fingerprint density at radius 1 is 1.50 bits per heavy atom. The van der Waals surface area contributed by atoms with Crippen LogP contribution in [0.1, 0.15) is 19.8 Å². The first-order chi connectivity index (χ1) is 7.72. The van der Waals surface area contributed by atoms with Gasteiger partial charge in [0.2, 0.25) is 11.8 Å². The lowest BCUT2D eigenvalue weighted by Gasteiger charge is -2.29. The minimum absolute atomic E-state index is 0.000972. The van der Waals surface area contributed by atoms with Gasteiger partial charge in [-0.3, -0.25) is 9.59 Å². The van der Waals surface area contributed by atoms with Crippen LogP contribution in [0.4, 0.5) is 0 Å². The molecule has 2 fully saturated rings. The predicted octanol–water partition coefficient (Wildman–Crippen LogP) is -0.667. The Morgan fingerprint density at radius 3 is 2.81 bits per heavy atom. The average Bonchev–Trinajstić information content (AvgIpc) is 2.90. The fourth-order valence-corrected chi connectivity index (χ4v) is 2.51. The summed E-state index contributed by atoms with van der Waals surface area (Å²) in [7, 11) is 0. The van der Waals surface area contributed by atoms with E-state index in [0.717, 1.165) is 26.1 Å². The fourth-order valence-electron chi connectivity index (χ4n) is 2.51. The quantitative estimate of drug-likeness (QED) is 0.670. The molecule has 2 aliphatic heterocycles. The second-order valence-corrected chi connectivity index (χ2v) is 4.48. The van der Waals surface area contributed by atoms with Crippen LogP contribution in [0.15, 0.2) is 0 Å². The van der Waals surface area contributed by atoms with E-state index in [1.165, 1.54) is 0 Å². The van der Waals surface area contributed by atoms with Gasteiger partial charge in [-0.15, -0.1) is 0 Å². The molecule has 2 unspecified atom stereocenters. The molecule has 90 valence electrons. The highest BCUT2D eigenvalue weighted by Crippen LogP contribution is 2.17. The first kappa shape index (κ1) is 11.4. The first-order valence-electron chi connectivity index (χ1n) is 6.00. The molecule has 5 heteroatoms. The van der Waals surface area contributed by atoms with Crippen LogP contribution in [-0.2, 0) is 9.59 Å². The zero-order valence-electron chi connectivity index (χ0n) is 9.66. The monoisotopic (exact) mass is 225 g/mol. The van der Waals surface area contributed by atoms with E-state index in [9.17, 15) is 9.59 Å². The normalized spacial score (nSPS) is 29.2. The van der Waals surface area contributed by atoms with Crippen molar-refractivity contribution in [2.75, 3.05) is 26.2 Å². The third-order valence-electron chi connectivity index (χ3n) is 3.43. The SMILES string of the molecule is CCN(C(=O)C1CNC(=O)C1)C1CCNC1. The van der Waals surface area contributed by atoms with Crippen molar-refractivity contribution in [3.63, 3.8) is 0 Å². The summed E-state index contributed by atoms with van der Waals surface area (Å²) >= 11 is 0. The van der Waals surface area contributed by atoms with E-state index in [0.29, 0.717) is 19.0 Å². The molecule has 0 aliphatic carbocycles. The van der Waals surface area contributed by atoms with Crippen molar-refractivity contribution in [3.05, 3.63) is 0 Å². The third-order valence-corrected chi connectivity index (χ3v) is 3.43. The number of carbonyl (C=O) groups excluding carboxylic acids is 2. The highest BCUT2D eigenvalue weighted by Gasteiger charge is 2.34. The maximum Gasteiger partial charge on any atom is 0.228 e. The standard InChI is InChI=1S/C11H19N3O2/c1-2-14(9-3-4-12-7-9)11(16)8-5-10(15)13-6-8/h8-9,12H,2-7H2,1H3,(H,13,15). The van der Waals surface area contributed by atoms with E-state index in [2.05, 4.69) is 10.6 Å². The number of carbonyl (C=O) groups is 2. The summed E-state index contributed by atoms with van der Waals surface area (Å²) in [5, 5.41) is 5.98. The van der Waals surface area contributed by atoms with E-state index in [-0.39, 0.29) is 17.7 Å². The van der Waals surface area contributed by atoms with Gasteiger partial charge < -0.3 is 15.5 Å². The summed E-state index contributed by atoms with van der Waals surface area (Å²) in [5.74, 6) is -0.0125. The first-order valence-corrected chi connectivity index (χ1v) is 6.00. The molecule has 0 aromatic rings. The van der Waals surface area contributed by atoms with Crippen LogP contribution >= 0.6 is 0 Å². The number of rotatable bonds is 3. The second kappa shape index (κ2) is 4.82. The number of hydrogen-bond acceptors (Lipinski definition) is 3. The van der Waals surface area contributed by atoms with Crippen molar-refractivity contribution in [3.8, 4) is 0 Å². The van der Waals surface area contributed by atoms with Crippen LogP contribution in [0, 0.1) is 5.92 Å². The van der Waals surface area contributed by atoms with Crippen LogP contribution in [-0.4, -0.2) is 48.9 Å². The molecule has 2 heterocycles. The summed E-state index contributed by atoms with van der Waals surface area (Å²) in [6, 6.07) is 0.313. The molecular weight excluding hydrogens is 206 g/mol. The molecule has 2 saturated heterocycles. The zero-order valence-corrected chi connectivity index (χ0v) is 9.66. The Bertz CT molecular complexity index is 287. The van der Waals surface area contributed by atoms with Crippen molar-refractivity contribution < 1.29 is 9.59 Å². The number of likely N-dealkylation sites (N-methyl/N-ethyl adjacent to an activating group) is 1. The van der Waals surface area contributed by atoms with Crippen LogP contribution in [0.2, 0.25) is 0 Å². The van der Waals surface area contributed by atoms with E-state index in [4.69, 9.17) is 0 Å². The highest BCUT2D eigenvalue weighted by molar-refractivity contribution is 5.89. The maximum atomic E-state index is 12.2. The zero-order chi connectivity index (χ0) is 11.5. The predicted molar refractivity (Wildman–Crippen MR) is 59.8 cm³/mol. The summed E-state index contributed by atoms with van der Waals surface area (Å²) < 4.78 is 0. The number of amides is 2. The second-order valence-electron chi connectivity index (χ2n) is 4.48. The van der Waals surface area contributed by atoms with Gasteiger partial charge in [0.25, 0.3) is 0 Å². The van der Waals surface area contributed by atoms with Gasteiger partial charge in [0.05, 0.1) is 5.92 Å². The smallest absolute Gasteiger partial charge is 0.228 e. The van der Waals surface area contributed by atoms with Crippen LogP contribution in [0.25, 0.3) is 0 Å². The highest BCUT2D eigenvalue weighted by atomic mass is 16.2. The Kier molecular flexibility index (Phi) is 3.43. The molecule has 0 aromatic carbocycles. The van der Waals surface area contributed by atoms with E-state index < -0.39 is 0 Å². The van der Waals surface area contributed by atoms with Crippen LogP contribution in [0.3, 0.4) is 0 Å². The summed E-state index contributed by atoms with van der Waals surface area (Å²) in [5.41, 5.74) is 0. The van der Waals surface area contributed by atoms with Crippen molar-refractivity contribution >= 4 is 11.8 Å². The van der Waals surface area contributed by atoms with Crippen LogP contribution in [0.5, 0.6) is 0 Å². The van der Waals surface area contributed by atoms with E-state index in [1.54, 1.807) is 0 Å². The molecule has 5 nitrogen and oxygen atoms in total. The average molecular weight is 225 g/mol. The minimum atomic E-state index is -0.145. The molecule has 0 radical (unpaired) electrons. The maximum absolute atomic E-state index is 12.2. The largest absolute Gasteiger partial charge is 0.355 e. The summed E-state index contributed by atoms with van der Waals surface area (Å²) in [6.07, 6.45) is 1.38. The summed E-state index contributed by atoms with van der Waals surface area (Å²) in [4.78, 5) is 25.2. The Hall–Kier alpha value is -1.10. The lowest BCUT2D eigenvalue weighted by atomic mass is 10.1. The number of nitrogens with zero attached hydrogens (tertiary/aromatic N) is 1. The van der Waals surface area contributed by atoms with Gasteiger partial charge in [-0.2, -0.15) is 0 Å². The van der Waals surface area contributed by atoms with Crippen molar-refractivity contribution in [1.29, 1.82) is 0 Å². The van der Waals surface area contributed by atoms with E-state index >= 15 is 0 Å². The Balaban J connectivity index is 1.97. The molecule has 2 aliphatic rings. The Labute approximate surface area is 95.6 Å². The van der Waals surface area contributed by atoms with Gasteiger partial charge in [-0.1, -0.05) is 0 Å². The van der Waals surface area contributed by atoms with Gasteiger partial charge >= 0.3 is 0 Å². The fraction of sp³-hybridized carbons (Fsp3) is 0.818. The lowest BCUT2D eigenvalue weighted by Crippen LogP contribution is -2.44. The molecular formula is C11H19N3O2. The molecule has 2 rings (SSSR count). The molecule has 2 atom stereocenters. The third kappa shape index (κ3) is 2.19. The molecule has 2 N–H and O–H groups in total. The summed E-state index contributed by atoms with van der Waals surface area (Å²) in [6.45, 7) is 5.11. The van der Waals surface area contributed by atoms with Gasteiger partial charge in [0, 0.05) is 32.1 Å². The van der Waals surface area contributed by atoms with Gasteiger partial charge in [-0.05, 0) is 19.9 Å². The number of hydrogen-bond donors (Lipinski definition) is 2. The molecule has 0 saturated carbocycles. The Morgan fingerprint density at radius 2 is 2.31 bits per heavy atom. The number of nitrogens with one attached hydrogen (secondary N) is 2. The molecule has 16 heavy (non-hydrogen) atoms. The van der Waals surface area contributed by atoms with E-state index in [1.807, 2.05) is 11.8 Å². The molecule has 0 aromatic heterocycles. The van der Waals surface area contributed by atoms with Gasteiger partial charge in [0.1, 0.15) is 0 Å².